The predicted molar refractivity (Wildman–Crippen MR) is 108 cm³/mol. The van der Waals surface area contributed by atoms with Crippen LogP contribution >= 0.6 is 11.6 Å². The van der Waals surface area contributed by atoms with E-state index in [2.05, 4.69) is 40.3 Å². The Labute approximate surface area is 188 Å². The van der Waals surface area contributed by atoms with Crippen LogP contribution in [0.25, 0.3) is 17.6 Å². The Hall–Kier alpha value is -4.00. The smallest absolute Gasteiger partial charge is 0.342 e. The minimum absolute atomic E-state index is 0.144. The number of carbonyl (C=O) groups is 1. The monoisotopic (exact) mass is 475 g/mol. The topological polar surface area (TPSA) is 124 Å². The number of aromatic nitrogens is 8. The number of hydrogen-bond donors (Lipinski definition) is 1. The minimum atomic E-state index is -4.76. The van der Waals surface area contributed by atoms with E-state index in [0.29, 0.717) is 6.07 Å². The molecule has 4 heterocycles. The lowest BCUT2D eigenvalue weighted by Crippen LogP contribution is -2.29. The molecule has 4 rings (SSSR count). The van der Waals surface area contributed by atoms with E-state index in [9.17, 15) is 18.0 Å². The second kappa shape index (κ2) is 8.86. The summed E-state index contributed by atoms with van der Waals surface area (Å²) in [5.74, 6) is -0.0886. The average molecular weight is 476 g/mol. The number of carbonyl (C=O) groups excluding carboxylic acids is 1. The minimum Gasteiger partial charge on any atom is -0.342 e. The van der Waals surface area contributed by atoms with Gasteiger partial charge in [-0.25, -0.2) is 29.9 Å². The second-order valence-corrected chi connectivity index (χ2v) is 6.97. The van der Waals surface area contributed by atoms with Gasteiger partial charge < -0.3 is 5.32 Å². The number of alkyl halides is 3. The number of hydrogen-bond acceptors (Lipinski definition) is 8. The van der Waals surface area contributed by atoms with E-state index in [1.54, 1.807) is 19.1 Å². The molecule has 0 aliphatic carbocycles. The maximum absolute atomic E-state index is 13.0. The third kappa shape index (κ3) is 4.92. The van der Waals surface area contributed by atoms with E-state index in [1.807, 2.05) is 0 Å². The summed E-state index contributed by atoms with van der Waals surface area (Å²) in [6.07, 6.45) is 1.25. The third-order valence-electron chi connectivity index (χ3n) is 4.22. The fraction of sp³-hybridized carbons (Fsp3) is 0.158. The summed E-state index contributed by atoms with van der Waals surface area (Å²) >= 11 is 5.68. The highest BCUT2D eigenvalue weighted by molar-refractivity contribution is 6.29. The Bertz CT molecular complexity index is 1280. The third-order valence-corrected chi connectivity index (χ3v) is 4.41. The number of amides is 1. The first-order valence-corrected chi connectivity index (χ1v) is 9.67. The summed E-state index contributed by atoms with van der Waals surface area (Å²) in [5.41, 5.74) is -1.60. The number of halogens is 4. The van der Waals surface area contributed by atoms with E-state index in [-0.39, 0.29) is 29.0 Å². The zero-order chi connectivity index (χ0) is 23.6. The summed E-state index contributed by atoms with van der Waals surface area (Å²) in [7, 11) is 0. The fourth-order valence-corrected chi connectivity index (χ4v) is 2.99. The van der Waals surface area contributed by atoms with Gasteiger partial charge in [-0.3, -0.25) is 4.79 Å². The number of pyridine rings is 1. The Morgan fingerprint density at radius 1 is 1.00 bits per heavy atom. The van der Waals surface area contributed by atoms with Gasteiger partial charge in [0.25, 0.3) is 11.9 Å². The molecule has 1 unspecified atom stereocenters. The van der Waals surface area contributed by atoms with Gasteiger partial charge >= 0.3 is 6.18 Å². The summed E-state index contributed by atoms with van der Waals surface area (Å²) < 4.78 is 40.4. The van der Waals surface area contributed by atoms with Crippen molar-refractivity contribution in [2.24, 2.45) is 0 Å². The first-order valence-electron chi connectivity index (χ1n) is 9.30. The van der Waals surface area contributed by atoms with Crippen LogP contribution in [0.5, 0.6) is 0 Å². The molecule has 0 aromatic carbocycles. The molecule has 168 valence electrons. The molecule has 0 aliphatic heterocycles. The molecule has 1 N–H and O–H groups in total. The fourth-order valence-electron chi connectivity index (χ4n) is 2.78. The van der Waals surface area contributed by atoms with Crippen molar-refractivity contribution in [1.82, 2.24) is 45.0 Å². The van der Waals surface area contributed by atoms with Gasteiger partial charge in [-0.05, 0) is 31.2 Å². The van der Waals surface area contributed by atoms with Crippen LogP contribution in [0.2, 0.25) is 5.15 Å². The standard InChI is InChI=1S/C19H13ClF3N9O/c1-10(28-17(33)11-8-12(19(21,22)23)29-13(20)9-11)16-30-15(14-24-4-2-5-25-14)31-32(16)18-26-6-3-7-27-18/h2-10H,1H3,(H,28,33). The van der Waals surface area contributed by atoms with Crippen LogP contribution in [0.15, 0.2) is 49.1 Å². The van der Waals surface area contributed by atoms with Crippen molar-refractivity contribution in [3.05, 3.63) is 71.3 Å². The maximum Gasteiger partial charge on any atom is 0.433 e. The number of rotatable bonds is 5. The number of nitrogens with one attached hydrogen (secondary N) is 1. The molecule has 0 radical (unpaired) electrons. The number of nitrogens with zero attached hydrogens (tertiary/aromatic N) is 8. The molecule has 0 aliphatic rings. The maximum atomic E-state index is 13.0. The van der Waals surface area contributed by atoms with Crippen molar-refractivity contribution < 1.29 is 18.0 Å². The lowest BCUT2D eigenvalue weighted by atomic mass is 10.2. The van der Waals surface area contributed by atoms with E-state index in [0.717, 1.165) is 6.07 Å². The molecular weight excluding hydrogens is 463 g/mol. The van der Waals surface area contributed by atoms with Crippen molar-refractivity contribution in [2.75, 3.05) is 0 Å². The highest BCUT2D eigenvalue weighted by Gasteiger charge is 2.34. The van der Waals surface area contributed by atoms with E-state index >= 15 is 0 Å². The van der Waals surface area contributed by atoms with E-state index < -0.39 is 29.0 Å². The molecule has 0 spiro atoms. The van der Waals surface area contributed by atoms with Crippen LogP contribution in [0.4, 0.5) is 13.2 Å². The summed E-state index contributed by atoms with van der Waals surface area (Å²) in [6.45, 7) is 1.57. The van der Waals surface area contributed by atoms with Gasteiger partial charge in [0.05, 0.1) is 6.04 Å². The lowest BCUT2D eigenvalue weighted by molar-refractivity contribution is -0.141. The van der Waals surface area contributed by atoms with Crippen LogP contribution in [-0.2, 0) is 6.18 Å². The Balaban J connectivity index is 1.68. The molecule has 0 saturated carbocycles. The van der Waals surface area contributed by atoms with Crippen LogP contribution < -0.4 is 5.32 Å². The Morgan fingerprint density at radius 2 is 1.64 bits per heavy atom. The van der Waals surface area contributed by atoms with Gasteiger partial charge in [0, 0.05) is 30.4 Å². The van der Waals surface area contributed by atoms with Crippen LogP contribution in [0.1, 0.15) is 34.8 Å². The van der Waals surface area contributed by atoms with Gasteiger partial charge in [0.1, 0.15) is 10.8 Å². The Morgan fingerprint density at radius 3 is 2.27 bits per heavy atom. The van der Waals surface area contributed by atoms with Gasteiger partial charge in [-0.1, -0.05) is 11.6 Å². The van der Waals surface area contributed by atoms with Crippen molar-refractivity contribution in [3.8, 4) is 17.6 Å². The molecule has 4 aromatic rings. The van der Waals surface area contributed by atoms with Crippen molar-refractivity contribution in [1.29, 1.82) is 0 Å². The summed E-state index contributed by atoms with van der Waals surface area (Å²) in [6, 6.07) is 4.06. The van der Waals surface area contributed by atoms with Crippen molar-refractivity contribution in [3.63, 3.8) is 0 Å². The largest absolute Gasteiger partial charge is 0.433 e. The Kier molecular flexibility index (Phi) is 5.96. The molecule has 14 heteroatoms. The highest BCUT2D eigenvalue weighted by atomic mass is 35.5. The van der Waals surface area contributed by atoms with Crippen LogP contribution in [0.3, 0.4) is 0 Å². The van der Waals surface area contributed by atoms with Gasteiger partial charge in [0.2, 0.25) is 5.82 Å². The predicted octanol–water partition coefficient (Wildman–Crippen LogP) is 3.07. The van der Waals surface area contributed by atoms with Crippen molar-refractivity contribution >= 4 is 17.5 Å². The molecule has 1 amide bonds. The zero-order valence-electron chi connectivity index (χ0n) is 16.7. The van der Waals surface area contributed by atoms with Gasteiger partial charge in [0.15, 0.2) is 11.6 Å². The van der Waals surface area contributed by atoms with Crippen LogP contribution in [-0.4, -0.2) is 45.6 Å². The molecule has 0 bridgehead atoms. The molecule has 0 fully saturated rings. The molecule has 4 aromatic heterocycles. The van der Waals surface area contributed by atoms with E-state index in [4.69, 9.17) is 11.6 Å². The second-order valence-electron chi connectivity index (χ2n) is 6.58. The molecular formula is C19H13ClF3N9O. The summed E-state index contributed by atoms with van der Waals surface area (Å²) in [5, 5.41) is 6.45. The van der Waals surface area contributed by atoms with E-state index in [1.165, 1.54) is 29.5 Å². The summed E-state index contributed by atoms with van der Waals surface area (Å²) in [4.78, 5) is 36.8. The van der Waals surface area contributed by atoms with Crippen molar-refractivity contribution in [2.45, 2.75) is 19.1 Å². The van der Waals surface area contributed by atoms with Gasteiger partial charge in [-0.15, -0.1) is 5.10 Å². The highest BCUT2D eigenvalue weighted by Crippen LogP contribution is 2.29. The molecule has 33 heavy (non-hydrogen) atoms. The first kappa shape index (κ1) is 22.2. The molecule has 0 saturated heterocycles. The quantitative estimate of drug-likeness (QED) is 0.437. The average Bonchev–Trinajstić information content (AvgIpc) is 3.25. The normalized spacial score (nSPS) is 12.4. The van der Waals surface area contributed by atoms with Gasteiger partial charge in [-0.2, -0.15) is 17.9 Å². The molecule has 1 atom stereocenters. The lowest BCUT2D eigenvalue weighted by Gasteiger charge is -2.14. The molecule has 10 nitrogen and oxygen atoms in total. The zero-order valence-corrected chi connectivity index (χ0v) is 17.4. The van der Waals surface area contributed by atoms with Crippen LogP contribution in [0, 0.1) is 0 Å². The first-order chi connectivity index (χ1) is 15.7. The SMILES string of the molecule is CC(NC(=O)c1cc(Cl)nc(C(F)(F)F)c1)c1nc(-c2ncccn2)nn1-c1ncccn1.